The molecule has 1 aliphatic carbocycles. The first kappa shape index (κ1) is 8.68. The highest BCUT2D eigenvalue weighted by molar-refractivity contribution is 5.88. The fourth-order valence-electron chi connectivity index (χ4n) is 1.12. The van der Waals surface area contributed by atoms with Gasteiger partial charge in [0, 0.05) is 12.0 Å². The van der Waals surface area contributed by atoms with Gasteiger partial charge in [0.15, 0.2) is 0 Å². The molecule has 1 aliphatic rings. The second-order valence-corrected chi connectivity index (χ2v) is 2.79. The minimum absolute atomic E-state index is 0.0113. The molecule has 0 saturated heterocycles. The highest BCUT2D eigenvalue weighted by atomic mass is 16.5. The summed E-state index contributed by atoms with van der Waals surface area (Å²) in [6.45, 7) is 0. The van der Waals surface area contributed by atoms with E-state index in [1.165, 1.54) is 0 Å². The van der Waals surface area contributed by atoms with Gasteiger partial charge in [-0.3, -0.25) is 0 Å². The van der Waals surface area contributed by atoms with Crippen molar-refractivity contribution in [3.8, 4) is 0 Å². The van der Waals surface area contributed by atoms with Crippen LogP contribution in [-0.2, 0) is 9.53 Å². The maximum Gasteiger partial charge on any atom is 0.333 e. The number of aliphatic hydroxyl groups is 3. The number of aliphatic hydroxyl groups excluding tert-OH is 2. The zero-order chi connectivity index (χ0) is 10.9. The Labute approximate surface area is 76.7 Å². The van der Waals surface area contributed by atoms with E-state index in [0.29, 0.717) is 0 Å². The number of ether oxygens (including phenoxy) is 1. The average Bonchev–Trinajstić information content (AvgIpc) is 2.12. The van der Waals surface area contributed by atoms with Crippen LogP contribution in [0.1, 0.15) is 7.79 Å². The molecular formula is C8H12O5. The van der Waals surface area contributed by atoms with Gasteiger partial charge >= 0.3 is 5.97 Å². The molecule has 0 aromatic rings. The summed E-state index contributed by atoms with van der Waals surface area (Å²) < 4.78 is 11.6. The van der Waals surface area contributed by atoms with Gasteiger partial charge in [-0.25, -0.2) is 4.79 Å². The molecule has 0 spiro atoms. The molecule has 0 amide bonds. The fourth-order valence-corrected chi connectivity index (χ4v) is 1.12. The Balaban J connectivity index is 2.92. The van der Waals surface area contributed by atoms with Gasteiger partial charge in [0.1, 0.15) is 12.2 Å². The number of esters is 1. The largest absolute Gasteiger partial charge is 0.466 e. The molecule has 74 valence electrons. The van der Waals surface area contributed by atoms with Crippen molar-refractivity contribution < 1.29 is 26.2 Å². The van der Waals surface area contributed by atoms with Gasteiger partial charge in [0.25, 0.3) is 0 Å². The predicted octanol–water partition coefficient (Wildman–Crippen LogP) is -1.43. The molecule has 13 heavy (non-hydrogen) atoms. The van der Waals surface area contributed by atoms with E-state index in [1.807, 2.05) is 0 Å². The number of hydrogen-bond donors (Lipinski definition) is 3. The summed E-state index contributed by atoms with van der Waals surface area (Å²) in [7, 11) is 1.16. The Morgan fingerprint density at radius 3 is 2.77 bits per heavy atom. The standard InChI is InChI=1S/C8H12O5/c1-13-8(12)4-2-5(9)7(11)6(10)3-4/h2,5-7,9-11H,3H2,1H3/t5-,6+,7-/m1/s1/i6D. The molecule has 3 N–H and O–H groups in total. The summed E-state index contributed by atoms with van der Waals surface area (Å²) in [5.41, 5.74) is -0.0113. The highest BCUT2D eigenvalue weighted by Crippen LogP contribution is 2.20. The zero-order valence-corrected chi connectivity index (χ0v) is 7.10. The molecule has 0 aliphatic heterocycles. The van der Waals surface area contributed by atoms with Crippen LogP contribution in [0.4, 0.5) is 0 Å². The van der Waals surface area contributed by atoms with Crippen LogP contribution in [0.5, 0.6) is 0 Å². The molecule has 0 aromatic carbocycles. The van der Waals surface area contributed by atoms with Crippen LogP contribution < -0.4 is 0 Å². The topological polar surface area (TPSA) is 87.0 Å². The second-order valence-electron chi connectivity index (χ2n) is 2.79. The third kappa shape index (κ3) is 2.06. The van der Waals surface area contributed by atoms with Gasteiger partial charge in [-0.1, -0.05) is 0 Å². The van der Waals surface area contributed by atoms with E-state index in [0.717, 1.165) is 13.2 Å². The maximum absolute atomic E-state index is 11.0. The third-order valence-electron chi connectivity index (χ3n) is 1.86. The van der Waals surface area contributed by atoms with Gasteiger partial charge in [-0.15, -0.1) is 0 Å². The second kappa shape index (κ2) is 3.87. The average molecular weight is 189 g/mol. The molecule has 0 unspecified atom stereocenters. The fraction of sp³-hybridized carbons (Fsp3) is 0.625. The Kier molecular flexibility index (Phi) is 2.58. The van der Waals surface area contributed by atoms with Crippen LogP contribution >= 0.6 is 0 Å². The zero-order valence-electron chi connectivity index (χ0n) is 8.10. The van der Waals surface area contributed by atoms with E-state index < -0.39 is 24.3 Å². The van der Waals surface area contributed by atoms with Crippen molar-refractivity contribution in [3.63, 3.8) is 0 Å². The van der Waals surface area contributed by atoms with Crippen LogP contribution in [0.3, 0.4) is 0 Å². The maximum atomic E-state index is 11.0. The van der Waals surface area contributed by atoms with Gasteiger partial charge < -0.3 is 20.1 Å². The van der Waals surface area contributed by atoms with Crippen LogP contribution in [0.25, 0.3) is 0 Å². The molecule has 0 saturated carbocycles. The van der Waals surface area contributed by atoms with Crippen LogP contribution in [-0.4, -0.2) is 46.7 Å². The summed E-state index contributed by atoms with van der Waals surface area (Å²) in [6.07, 6.45) is -4.58. The number of methoxy groups -OCH3 is 1. The molecule has 0 bridgehead atoms. The number of carbonyl (C=O) groups excluding carboxylic acids is 1. The summed E-state index contributed by atoms with van der Waals surface area (Å²) in [5, 5.41) is 27.7. The first-order valence-electron chi connectivity index (χ1n) is 4.26. The summed E-state index contributed by atoms with van der Waals surface area (Å²) >= 11 is 0. The Morgan fingerprint density at radius 2 is 2.31 bits per heavy atom. The molecule has 3 atom stereocenters. The summed E-state index contributed by atoms with van der Waals surface area (Å²) in [6, 6.07) is 0. The van der Waals surface area contributed by atoms with E-state index >= 15 is 0 Å². The lowest BCUT2D eigenvalue weighted by Crippen LogP contribution is -2.40. The Bertz CT molecular complexity index is 273. The van der Waals surface area contributed by atoms with Crippen molar-refractivity contribution in [2.75, 3.05) is 7.11 Å². The smallest absolute Gasteiger partial charge is 0.333 e. The van der Waals surface area contributed by atoms with Crippen molar-refractivity contribution in [3.05, 3.63) is 11.6 Å². The molecule has 5 heteroatoms. The first-order valence-corrected chi connectivity index (χ1v) is 3.76. The molecule has 1 rings (SSSR count). The molecule has 0 heterocycles. The quantitative estimate of drug-likeness (QED) is 0.440. The van der Waals surface area contributed by atoms with Gasteiger partial charge in [-0.2, -0.15) is 0 Å². The number of rotatable bonds is 1. The minimum atomic E-state index is -2.25. The summed E-state index contributed by atoms with van der Waals surface area (Å²) in [5.74, 6) is -0.721. The Morgan fingerprint density at radius 1 is 1.69 bits per heavy atom. The molecule has 0 radical (unpaired) electrons. The van der Waals surface area contributed by atoms with E-state index in [1.54, 1.807) is 0 Å². The van der Waals surface area contributed by atoms with Crippen LogP contribution in [0.2, 0.25) is 0 Å². The predicted molar refractivity (Wildman–Crippen MR) is 42.7 cm³/mol. The van der Waals surface area contributed by atoms with E-state index in [2.05, 4.69) is 4.74 Å². The van der Waals surface area contributed by atoms with E-state index in [9.17, 15) is 20.1 Å². The minimum Gasteiger partial charge on any atom is -0.466 e. The van der Waals surface area contributed by atoms with E-state index in [-0.39, 0.29) is 12.0 Å². The lowest BCUT2D eigenvalue weighted by molar-refractivity contribution is -0.137. The Hall–Kier alpha value is -0.910. The monoisotopic (exact) mass is 189 g/mol. The summed E-state index contributed by atoms with van der Waals surface area (Å²) in [4.78, 5) is 11.0. The van der Waals surface area contributed by atoms with Crippen molar-refractivity contribution in [1.82, 2.24) is 0 Å². The molecule has 5 nitrogen and oxygen atoms in total. The molecule has 0 aromatic heterocycles. The van der Waals surface area contributed by atoms with Crippen molar-refractivity contribution in [2.24, 2.45) is 0 Å². The molecule has 0 fully saturated rings. The van der Waals surface area contributed by atoms with Crippen molar-refractivity contribution in [2.45, 2.75) is 24.7 Å². The lowest BCUT2D eigenvalue weighted by Gasteiger charge is -2.26. The first-order chi connectivity index (χ1) is 6.38. The highest BCUT2D eigenvalue weighted by Gasteiger charge is 2.31. The van der Waals surface area contributed by atoms with Crippen LogP contribution in [0, 0.1) is 0 Å². The van der Waals surface area contributed by atoms with Crippen molar-refractivity contribution in [1.29, 1.82) is 0 Å². The SMILES string of the molecule is [2H][C@]1(O)CC(C(=O)OC)=C[C@@H](O)[C@H]1O. The number of hydrogen-bond acceptors (Lipinski definition) is 5. The third-order valence-corrected chi connectivity index (χ3v) is 1.86. The van der Waals surface area contributed by atoms with Crippen molar-refractivity contribution >= 4 is 5.97 Å². The van der Waals surface area contributed by atoms with E-state index in [4.69, 9.17) is 1.37 Å². The lowest BCUT2D eigenvalue weighted by atomic mass is 9.92. The van der Waals surface area contributed by atoms with Gasteiger partial charge in [0.2, 0.25) is 0 Å². The normalized spacial score (nSPS) is 40.6. The van der Waals surface area contributed by atoms with Gasteiger partial charge in [-0.05, 0) is 6.08 Å². The number of carbonyl (C=O) groups is 1. The van der Waals surface area contributed by atoms with Gasteiger partial charge in [0.05, 0.1) is 14.6 Å². The molecular weight excluding hydrogens is 176 g/mol. The van der Waals surface area contributed by atoms with Crippen LogP contribution in [0.15, 0.2) is 11.6 Å².